The fourth-order valence-electron chi connectivity index (χ4n) is 4.86. The number of amides is 1. The molecule has 2 aliphatic heterocycles. The Labute approximate surface area is 242 Å². The number of nitrogens with one attached hydrogen (secondary N) is 3. The molecule has 0 saturated heterocycles. The molecule has 3 heterocycles. The number of aliphatic imine (C=N–C) groups is 2. The van der Waals surface area contributed by atoms with Crippen LogP contribution in [-0.4, -0.2) is 35.3 Å². The van der Waals surface area contributed by atoms with E-state index < -0.39 is 17.6 Å². The molecule has 0 spiro atoms. The van der Waals surface area contributed by atoms with Crippen molar-refractivity contribution in [2.45, 2.75) is 46.5 Å². The highest BCUT2D eigenvalue weighted by Crippen LogP contribution is 2.36. The number of anilines is 3. The monoisotopic (exact) mass is 575 g/mol. The number of hydrogen-bond acceptors (Lipinski definition) is 7. The summed E-state index contributed by atoms with van der Waals surface area (Å²) < 4.78 is 41.5. The van der Waals surface area contributed by atoms with Gasteiger partial charge in [0, 0.05) is 58.4 Å². The number of halogens is 3. The lowest BCUT2D eigenvalue weighted by Crippen LogP contribution is -2.33. The summed E-state index contributed by atoms with van der Waals surface area (Å²) in [5.74, 6) is -0.0267. The summed E-state index contributed by atoms with van der Waals surface area (Å²) in [5, 5.41) is 9.12. The molecule has 2 unspecified atom stereocenters. The third-order valence-electron chi connectivity index (χ3n) is 7.20. The Hall–Kier alpha value is -4.67. The molecule has 1 amide bonds. The minimum atomic E-state index is -4.59. The molecular formula is C31H32F3N7O. The predicted molar refractivity (Wildman–Crippen MR) is 160 cm³/mol. The maximum atomic E-state index is 13.8. The van der Waals surface area contributed by atoms with Gasteiger partial charge < -0.3 is 20.9 Å². The Kier molecular flexibility index (Phi) is 8.02. The molecule has 0 radical (unpaired) electrons. The first-order valence-electron chi connectivity index (χ1n) is 13.7. The Morgan fingerprint density at radius 1 is 1.14 bits per heavy atom. The molecule has 3 N–H and O–H groups in total. The van der Waals surface area contributed by atoms with Gasteiger partial charge in [0.25, 0.3) is 5.91 Å². The van der Waals surface area contributed by atoms with Crippen LogP contribution in [0.3, 0.4) is 0 Å². The van der Waals surface area contributed by atoms with Crippen molar-refractivity contribution < 1.29 is 18.0 Å². The van der Waals surface area contributed by atoms with Crippen molar-refractivity contribution in [1.82, 2.24) is 10.3 Å². The molecule has 2 aromatic carbocycles. The third kappa shape index (κ3) is 6.29. The molecule has 0 aliphatic carbocycles. The van der Waals surface area contributed by atoms with Crippen molar-refractivity contribution in [2.24, 2.45) is 15.9 Å². The summed E-state index contributed by atoms with van der Waals surface area (Å²) in [6, 6.07) is 12.4. The molecule has 3 aromatic rings. The topological polar surface area (TPSA) is 94.0 Å². The van der Waals surface area contributed by atoms with Crippen LogP contribution >= 0.6 is 0 Å². The minimum Gasteiger partial charge on any atom is -0.367 e. The van der Waals surface area contributed by atoms with Crippen LogP contribution in [0.15, 0.2) is 82.8 Å². The van der Waals surface area contributed by atoms with E-state index in [1.54, 1.807) is 47.8 Å². The van der Waals surface area contributed by atoms with Crippen molar-refractivity contribution in [3.63, 3.8) is 0 Å². The van der Waals surface area contributed by atoms with E-state index in [2.05, 4.69) is 25.9 Å². The van der Waals surface area contributed by atoms with Crippen LogP contribution in [-0.2, 0) is 6.18 Å². The second-order valence-electron chi connectivity index (χ2n) is 10.4. The largest absolute Gasteiger partial charge is 0.416 e. The number of alkyl halides is 3. The number of carbonyl (C=O) groups excluding carboxylic acids is 1. The molecular weight excluding hydrogens is 543 g/mol. The fraction of sp³-hybridized carbons (Fsp3) is 0.290. The molecule has 218 valence electrons. The molecule has 1 aromatic heterocycles. The van der Waals surface area contributed by atoms with Gasteiger partial charge in [0.2, 0.25) is 5.96 Å². The van der Waals surface area contributed by atoms with Gasteiger partial charge in [0.15, 0.2) is 0 Å². The van der Waals surface area contributed by atoms with Crippen LogP contribution in [0.1, 0.15) is 54.2 Å². The van der Waals surface area contributed by atoms with E-state index in [9.17, 15) is 18.0 Å². The molecule has 5 rings (SSSR count). The lowest BCUT2D eigenvalue weighted by Gasteiger charge is -2.24. The molecule has 0 saturated carbocycles. The molecule has 11 heteroatoms. The quantitative estimate of drug-likeness (QED) is 0.309. The van der Waals surface area contributed by atoms with Gasteiger partial charge in [0.05, 0.1) is 17.8 Å². The van der Waals surface area contributed by atoms with Crippen molar-refractivity contribution >= 4 is 34.6 Å². The number of benzene rings is 2. The number of aryl methyl sites for hydroxylation is 1. The summed E-state index contributed by atoms with van der Waals surface area (Å²) in [5.41, 5.74) is 3.93. The van der Waals surface area contributed by atoms with Crippen LogP contribution in [0.2, 0.25) is 0 Å². The number of aromatic nitrogens is 1. The first-order valence-corrected chi connectivity index (χ1v) is 13.7. The standard InChI is InChI=1S/C31H32F3N7O/c1-5-24-17-41(20(4)37-24)26-13-23(31(32,33)34)12-25(14-26)38-29(42)21-9-8-18(2)27(11-21)39-30-36-15-19(3)28(40-30)22-7-6-10-35-16-22/h6-14,16-17,19-20,37H,5,15H2,1-4H3,(H,36,39)(H,38,42). The van der Waals surface area contributed by atoms with Gasteiger partial charge in [-0.1, -0.05) is 26.0 Å². The molecule has 8 nitrogen and oxygen atoms in total. The fourth-order valence-corrected chi connectivity index (χ4v) is 4.86. The van der Waals surface area contributed by atoms with E-state index >= 15 is 0 Å². The van der Waals surface area contributed by atoms with Crippen molar-refractivity contribution in [3.8, 4) is 0 Å². The molecule has 0 bridgehead atoms. The van der Waals surface area contributed by atoms with Crippen LogP contribution < -0.4 is 20.9 Å². The van der Waals surface area contributed by atoms with E-state index in [1.807, 2.05) is 39.8 Å². The first-order chi connectivity index (χ1) is 20.0. The Balaban J connectivity index is 1.39. The first kappa shape index (κ1) is 28.8. The average Bonchev–Trinajstić information content (AvgIpc) is 3.35. The molecule has 2 aliphatic rings. The van der Waals surface area contributed by atoms with Crippen molar-refractivity contribution in [3.05, 3.63) is 95.1 Å². The molecule has 0 fully saturated rings. The number of guanidine groups is 1. The van der Waals surface area contributed by atoms with Gasteiger partial charge in [-0.15, -0.1) is 0 Å². The Morgan fingerprint density at radius 2 is 1.95 bits per heavy atom. The van der Waals surface area contributed by atoms with Crippen LogP contribution in [0.5, 0.6) is 0 Å². The molecule has 42 heavy (non-hydrogen) atoms. The maximum Gasteiger partial charge on any atom is 0.416 e. The van der Waals surface area contributed by atoms with E-state index in [0.717, 1.165) is 34.7 Å². The zero-order valence-corrected chi connectivity index (χ0v) is 23.8. The lowest BCUT2D eigenvalue weighted by atomic mass is 9.99. The van der Waals surface area contributed by atoms with Gasteiger partial charge in [-0.3, -0.25) is 14.8 Å². The smallest absolute Gasteiger partial charge is 0.367 e. The minimum absolute atomic E-state index is 0.0433. The lowest BCUT2D eigenvalue weighted by molar-refractivity contribution is -0.137. The maximum absolute atomic E-state index is 13.8. The summed E-state index contributed by atoms with van der Waals surface area (Å²) in [4.78, 5) is 28.4. The van der Waals surface area contributed by atoms with Crippen LogP contribution in [0.25, 0.3) is 0 Å². The summed E-state index contributed by atoms with van der Waals surface area (Å²) in [6.45, 7) is 8.28. The van der Waals surface area contributed by atoms with Gasteiger partial charge in [-0.05, 0) is 62.2 Å². The number of pyridine rings is 1. The van der Waals surface area contributed by atoms with Gasteiger partial charge >= 0.3 is 6.18 Å². The van der Waals surface area contributed by atoms with E-state index in [0.29, 0.717) is 30.3 Å². The second-order valence-corrected chi connectivity index (χ2v) is 10.4. The number of hydrogen-bond donors (Lipinski definition) is 3. The summed E-state index contributed by atoms with van der Waals surface area (Å²) >= 11 is 0. The van der Waals surface area contributed by atoms with Crippen molar-refractivity contribution in [1.29, 1.82) is 0 Å². The Morgan fingerprint density at radius 3 is 2.64 bits per heavy atom. The van der Waals surface area contributed by atoms with Gasteiger partial charge in [0.1, 0.15) is 6.17 Å². The number of rotatable bonds is 6. The molecule has 2 atom stereocenters. The summed E-state index contributed by atoms with van der Waals surface area (Å²) in [6.07, 6.45) is 1.15. The van der Waals surface area contributed by atoms with E-state index in [1.165, 1.54) is 0 Å². The van der Waals surface area contributed by atoms with Crippen LogP contribution in [0.4, 0.5) is 30.2 Å². The average molecular weight is 576 g/mol. The zero-order valence-electron chi connectivity index (χ0n) is 23.8. The highest BCUT2D eigenvalue weighted by molar-refractivity contribution is 6.13. The second kappa shape index (κ2) is 11.7. The number of allylic oxidation sites excluding steroid dienone is 1. The highest BCUT2D eigenvalue weighted by atomic mass is 19.4. The third-order valence-corrected chi connectivity index (χ3v) is 7.20. The number of nitrogens with zero attached hydrogens (tertiary/aromatic N) is 4. The normalized spacial score (nSPS) is 18.5. The predicted octanol–water partition coefficient (Wildman–Crippen LogP) is 6.58. The van der Waals surface area contributed by atoms with Crippen LogP contribution in [0, 0.1) is 12.8 Å². The zero-order chi connectivity index (χ0) is 30.0. The Bertz CT molecular complexity index is 1580. The van der Waals surface area contributed by atoms with Gasteiger partial charge in [-0.25, -0.2) is 4.99 Å². The SMILES string of the molecule is CCC1=CN(c2cc(NC(=O)c3ccc(C)c(NC4=NCC(C)C(c5cccnc5)=N4)c3)cc(C(F)(F)F)c2)C(C)N1. The van der Waals surface area contributed by atoms with E-state index in [4.69, 9.17) is 4.99 Å². The summed E-state index contributed by atoms with van der Waals surface area (Å²) in [7, 11) is 0. The van der Waals surface area contributed by atoms with Crippen molar-refractivity contribution in [2.75, 3.05) is 22.1 Å². The van der Waals surface area contributed by atoms with E-state index in [-0.39, 0.29) is 23.3 Å². The highest BCUT2D eigenvalue weighted by Gasteiger charge is 2.33. The number of carbonyl (C=O) groups is 1. The van der Waals surface area contributed by atoms with Gasteiger partial charge in [-0.2, -0.15) is 13.2 Å².